The Balaban J connectivity index is 3.38. The molecule has 0 unspecified atom stereocenters. The highest BCUT2D eigenvalue weighted by Crippen LogP contribution is 2.17. The van der Waals surface area contributed by atoms with Crippen LogP contribution in [0.5, 0.6) is 0 Å². The molecule has 1 aromatic carbocycles. The number of hydrogen-bond acceptors (Lipinski definition) is 1. The van der Waals surface area contributed by atoms with Gasteiger partial charge in [0.1, 0.15) is 6.67 Å². The zero-order chi connectivity index (χ0) is 9.14. The molecule has 0 bridgehead atoms. The molecule has 0 fully saturated rings. The molecular weight excluding hydrogens is 167 g/mol. The Hall–Kier alpha value is -1.50. The highest BCUT2D eigenvalue weighted by Gasteiger charge is 2.12. The molecule has 0 radical (unpaired) electrons. The lowest BCUT2D eigenvalue weighted by Gasteiger charge is -2.00. The van der Waals surface area contributed by atoms with Gasteiger partial charge in [-0.2, -0.15) is 5.26 Å². The van der Waals surface area contributed by atoms with Crippen molar-refractivity contribution in [3.63, 3.8) is 0 Å². The number of alkyl halides is 1. The molecule has 0 amide bonds. The van der Waals surface area contributed by atoms with Gasteiger partial charge in [-0.1, -0.05) is 0 Å². The third-order valence-corrected chi connectivity index (χ3v) is 1.45. The molecule has 0 aliphatic carbocycles. The van der Waals surface area contributed by atoms with Crippen LogP contribution in [0, 0.1) is 23.0 Å². The smallest absolute Gasteiger partial charge is 0.165 e. The summed E-state index contributed by atoms with van der Waals surface area (Å²) in [5.41, 5.74) is -0.686. The third-order valence-electron chi connectivity index (χ3n) is 1.45. The standard InChI is InChI=1S/C8H4F3N/c9-3-6-5(4-12)1-2-7(10)8(6)11/h1-2H,3H2. The zero-order valence-electron chi connectivity index (χ0n) is 5.94. The molecule has 0 N–H and O–H groups in total. The average Bonchev–Trinajstić information content (AvgIpc) is 2.09. The van der Waals surface area contributed by atoms with Crippen molar-refractivity contribution in [2.24, 2.45) is 0 Å². The molecule has 0 aliphatic rings. The van der Waals surface area contributed by atoms with Gasteiger partial charge in [-0.25, -0.2) is 13.2 Å². The van der Waals surface area contributed by atoms with E-state index in [1.165, 1.54) is 0 Å². The Morgan fingerprint density at radius 1 is 1.33 bits per heavy atom. The van der Waals surface area contributed by atoms with Gasteiger partial charge in [0.25, 0.3) is 0 Å². The zero-order valence-corrected chi connectivity index (χ0v) is 5.94. The molecule has 62 valence electrons. The van der Waals surface area contributed by atoms with E-state index in [1.54, 1.807) is 6.07 Å². The second kappa shape index (κ2) is 3.26. The van der Waals surface area contributed by atoms with Crippen LogP contribution in [0.15, 0.2) is 12.1 Å². The van der Waals surface area contributed by atoms with Crippen molar-refractivity contribution in [2.75, 3.05) is 0 Å². The minimum Gasteiger partial charge on any atom is -0.246 e. The predicted octanol–water partition coefficient (Wildman–Crippen LogP) is 2.31. The normalized spacial score (nSPS) is 9.50. The Morgan fingerprint density at radius 2 is 2.00 bits per heavy atom. The van der Waals surface area contributed by atoms with Crippen molar-refractivity contribution in [2.45, 2.75) is 6.67 Å². The minimum absolute atomic E-state index is 0.170. The predicted molar refractivity (Wildman–Crippen MR) is 35.9 cm³/mol. The van der Waals surface area contributed by atoms with Gasteiger partial charge in [0.15, 0.2) is 11.6 Å². The molecule has 0 saturated carbocycles. The van der Waals surface area contributed by atoms with E-state index in [1.807, 2.05) is 0 Å². The fourth-order valence-corrected chi connectivity index (χ4v) is 0.828. The lowest BCUT2D eigenvalue weighted by atomic mass is 10.1. The second-order valence-electron chi connectivity index (χ2n) is 2.13. The molecule has 0 saturated heterocycles. The van der Waals surface area contributed by atoms with E-state index in [2.05, 4.69) is 0 Å². The van der Waals surface area contributed by atoms with Crippen LogP contribution in [0.3, 0.4) is 0 Å². The molecule has 0 aromatic heterocycles. The topological polar surface area (TPSA) is 23.8 Å². The highest BCUT2D eigenvalue weighted by molar-refractivity contribution is 5.38. The fourth-order valence-electron chi connectivity index (χ4n) is 0.828. The summed E-state index contributed by atoms with van der Waals surface area (Å²) in [6.45, 7) is -1.17. The van der Waals surface area contributed by atoms with Crippen molar-refractivity contribution in [3.05, 3.63) is 34.9 Å². The summed E-state index contributed by atoms with van der Waals surface area (Å²) in [4.78, 5) is 0. The quantitative estimate of drug-likeness (QED) is 0.636. The van der Waals surface area contributed by atoms with Gasteiger partial charge >= 0.3 is 0 Å². The first-order valence-electron chi connectivity index (χ1n) is 3.13. The lowest BCUT2D eigenvalue weighted by molar-refractivity contribution is 0.440. The van der Waals surface area contributed by atoms with Crippen LogP contribution in [-0.2, 0) is 6.67 Å². The van der Waals surface area contributed by atoms with E-state index >= 15 is 0 Å². The van der Waals surface area contributed by atoms with Crippen molar-refractivity contribution in [1.82, 2.24) is 0 Å². The van der Waals surface area contributed by atoms with Crippen molar-refractivity contribution < 1.29 is 13.2 Å². The van der Waals surface area contributed by atoms with Crippen molar-refractivity contribution in [1.29, 1.82) is 5.26 Å². The summed E-state index contributed by atoms with van der Waals surface area (Å²) in [5.74, 6) is -2.42. The van der Waals surface area contributed by atoms with Gasteiger partial charge in [0.05, 0.1) is 11.6 Å². The van der Waals surface area contributed by atoms with Crippen LogP contribution in [0.2, 0.25) is 0 Å². The third kappa shape index (κ3) is 1.26. The minimum atomic E-state index is -1.28. The Bertz CT molecular complexity index is 341. The van der Waals surface area contributed by atoms with Gasteiger partial charge in [-0.05, 0) is 12.1 Å². The SMILES string of the molecule is N#Cc1ccc(F)c(F)c1CF. The summed E-state index contributed by atoms with van der Waals surface area (Å²) in [6, 6.07) is 3.42. The number of halogens is 3. The van der Waals surface area contributed by atoms with Crippen molar-refractivity contribution >= 4 is 0 Å². The summed E-state index contributed by atoms with van der Waals surface area (Å²) in [5, 5.41) is 8.36. The number of rotatable bonds is 1. The lowest BCUT2D eigenvalue weighted by Crippen LogP contribution is -1.95. The monoisotopic (exact) mass is 171 g/mol. The molecule has 0 atom stereocenters. The number of nitriles is 1. The van der Waals surface area contributed by atoms with Gasteiger partial charge in [0, 0.05) is 5.56 Å². The first kappa shape index (κ1) is 8.60. The molecule has 0 spiro atoms. The molecule has 1 aromatic rings. The van der Waals surface area contributed by atoms with Crippen LogP contribution >= 0.6 is 0 Å². The van der Waals surface area contributed by atoms with Crippen LogP contribution in [0.4, 0.5) is 13.2 Å². The van der Waals surface area contributed by atoms with Crippen LogP contribution < -0.4 is 0 Å². The Kier molecular flexibility index (Phi) is 2.34. The summed E-state index contributed by atoms with van der Waals surface area (Å²) in [6.07, 6.45) is 0. The summed E-state index contributed by atoms with van der Waals surface area (Å²) < 4.78 is 37.2. The van der Waals surface area contributed by atoms with E-state index in [4.69, 9.17) is 5.26 Å². The first-order chi connectivity index (χ1) is 5.70. The van der Waals surface area contributed by atoms with Crippen molar-refractivity contribution in [3.8, 4) is 6.07 Å². The van der Waals surface area contributed by atoms with Gasteiger partial charge in [-0.15, -0.1) is 0 Å². The van der Waals surface area contributed by atoms with Crippen LogP contribution in [-0.4, -0.2) is 0 Å². The van der Waals surface area contributed by atoms with Crippen LogP contribution in [0.25, 0.3) is 0 Å². The maximum atomic E-state index is 12.7. The van der Waals surface area contributed by atoms with E-state index in [0.29, 0.717) is 0 Å². The molecule has 0 aliphatic heterocycles. The number of benzene rings is 1. The molecule has 1 rings (SSSR count). The Labute approximate surface area is 67.1 Å². The first-order valence-corrected chi connectivity index (χ1v) is 3.13. The number of nitrogens with zero attached hydrogens (tertiary/aromatic N) is 1. The van der Waals surface area contributed by atoms with E-state index in [-0.39, 0.29) is 5.56 Å². The van der Waals surface area contributed by atoms with E-state index in [0.717, 1.165) is 12.1 Å². The van der Waals surface area contributed by atoms with Gasteiger partial charge in [-0.3, -0.25) is 0 Å². The average molecular weight is 171 g/mol. The highest BCUT2D eigenvalue weighted by atomic mass is 19.2. The van der Waals surface area contributed by atoms with Gasteiger partial charge in [0.2, 0.25) is 0 Å². The van der Waals surface area contributed by atoms with Gasteiger partial charge < -0.3 is 0 Å². The molecule has 0 heterocycles. The second-order valence-corrected chi connectivity index (χ2v) is 2.13. The maximum Gasteiger partial charge on any atom is 0.165 e. The Morgan fingerprint density at radius 3 is 2.50 bits per heavy atom. The van der Waals surface area contributed by atoms with Crippen LogP contribution in [0.1, 0.15) is 11.1 Å². The van der Waals surface area contributed by atoms with E-state index < -0.39 is 23.9 Å². The molecule has 12 heavy (non-hydrogen) atoms. The molecule has 4 heteroatoms. The maximum absolute atomic E-state index is 12.7. The molecular formula is C8H4F3N. The molecule has 1 nitrogen and oxygen atoms in total. The van der Waals surface area contributed by atoms with E-state index in [9.17, 15) is 13.2 Å². The summed E-state index contributed by atoms with van der Waals surface area (Å²) >= 11 is 0. The fraction of sp³-hybridized carbons (Fsp3) is 0.125. The number of hydrogen-bond donors (Lipinski definition) is 0. The summed E-state index contributed by atoms with van der Waals surface area (Å²) in [7, 11) is 0. The largest absolute Gasteiger partial charge is 0.246 e.